The van der Waals surface area contributed by atoms with E-state index < -0.39 is 54.6 Å². The Morgan fingerprint density at radius 3 is 2.48 bits per heavy atom. The summed E-state index contributed by atoms with van der Waals surface area (Å²) in [5, 5.41) is 21.7. The van der Waals surface area contributed by atoms with Gasteiger partial charge in [0.25, 0.3) is 11.8 Å². The molecule has 0 radical (unpaired) electrons. The first-order valence-corrected chi connectivity index (χ1v) is 13.4. The maximum atomic E-state index is 14.5. The van der Waals surface area contributed by atoms with Crippen molar-refractivity contribution in [2.24, 2.45) is 0 Å². The number of nitriles is 2. The number of halogens is 3. The van der Waals surface area contributed by atoms with Gasteiger partial charge in [0.15, 0.2) is 0 Å². The molecule has 1 aliphatic heterocycles. The van der Waals surface area contributed by atoms with Crippen molar-refractivity contribution < 1.29 is 23.2 Å². The van der Waals surface area contributed by atoms with Gasteiger partial charge in [-0.05, 0) is 42.8 Å². The minimum absolute atomic E-state index is 0.00105. The standard InChI is InChI=1S/C30H23ClF2N6O3/c31-23-7-2-1-6-22(23)27(28(41)37-20-14-30(32,33)15-20)38(21-5-3-4-18(12-21)16-34)29(42)24-8-9-26(40)39(24)25-13-19(17-35)10-11-36-25/h1-7,10-13,20,24,27H,8-9,14-15H2,(H,37,41). The molecule has 1 aliphatic carbocycles. The van der Waals surface area contributed by atoms with Crippen LogP contribution in [0.2, 0.25) is 5.02 Å². The highest BCUT2D eigenvalue weighted by atomic mass is 35.5. The van der Waals surface area contributed by atoms with Crippen molar-refractivity contribution in [1.82, 2.24) is 10.3 Å². The topological polar surface area (TPSA) is 130 Å². The molecule has 5 rings (SSSR count). The lowest BCUT2D eigenvalue weighted by molar-refractivity contribution is -0.133. The summed E-state index contributed by atoms with van der Waals surface area (Å²) in [6.07, 6.45) is 0.343. The van der Waals surface area contributed by atoms with Crippen LogP contribution in [0, 0.1) is 22.7 Å². The molecule has 0 bridgehead atoms. The largest absolute Gasteiger partial charge is 0.351 e. The minimum Gasteiger partial charge on any atom is -0.351 e. The Morgan fingerprint density at radius 1 is 1.07 bits per heavy atom. The van der Waals surface area contributed by atoms with Crippen LogP contribution in [0.3, 0.4) is 0 Å². The van der Waals surface area contributed by atoms with Gasteiger partial charge in [-0.15, -0.1) is 0 Å². The number of benzene rings is 2. The maximum Gasteiger partial charge on any atom is 0.252 e. The van der Waals surface area contributed by atoms with E-state index in [0.717, 1.165) is 4.90 Å². The summed E-state index contributed by atoms with van der Waals surface area (Å²) >= 11 is 6.53. The summed E-state index contributed by atoms with van der Waals surface area (Å²) in [5.41, 5.74) is 0.815. The SMILES string of the molecule is N#Cc1cccc(N(C(=O)C2CCC(=O)N2c2cc(C#N)ccn2)C(C(=O)NC2CC(F)(F)C2)c2ccccc2Cl)c1. The number of nitrogens with one attached hydrogen (secondary N) is 1. The van der Waals surface area contributed by atoms with Gasteiger partial charge in [-0.1, -0.05) is 35.9 Å². The van der Waals surface area contributed by atoms with Crippen LogP contribution in [-0.2, 0) is 14.4 Å². The van der Waals surface area contributed by atoms with E-state index in [9.17, 15) is 33.7 Å². The van der Waals surface area contributed by atoms with Gasteiger partial charge in [-0.2, -0.15) is 10.5 Å². The maximum absolute atomic E-state index is 14.5. The molecule has 2 atom stereocenters. The Bertz CT molecular complexity index is 1640. The number of carbonyl (C=O) groups excluding carboxylic acids is 3. The normalized spacial score (nSPS) is 18.4. The third-order valence-corrected chi connectivity index (χ3v) is 7.60. The molecule has 2 aromatic carbocycles. The molecular weight excluding hydrogens is 566 g/mol. The summed E-state index contributed by atoms with van der Waals surface area (Å²) in [4.78, 5) is 48.0. The van der Waals surface area contributed by atoms with E-state index in [2.05, 4.69) is 10.3 Å². The molecule has 1 aromatic heterocycles. The fourth-order valence-corrected chi connectivity index (χ4v) is 5.49. The number of pyridine rings is 1. The van der Waals surface area contributed by atoms with Crippen LogP contribution >= 0.6 is 11.6 Å². The van der Waals surface area contributed by atoms with Crippen molar-refractivity contribution >= 4 is 40.8 Å². The Labute approximate surface area is 244 Å². The molecule has 12 heteroatoms. The van der Waals surface area contributed by atoms with E-state index in [1.807, 2.05) is 12.1 Å². The van der Waals surface area contributed by atoms with E-state index in [4.69, 9.17) is 11.6 Å². The summed E-state index contributed by atoms with van der Waals surface area (Å²) in [6, 6.07) is 15.8. The molecule has 2 unspecified atom stereocenters. The molecule has 2 heterocycles. The number of carbonyl (C=O) groups is 3. The summed E-state index contributed by atoms with van der Waals surface area (Å²) in [5.74, 6) is -4.64. The van der Waals surface area contributed by atoms with Crippen molar-refractivity contribution in [3.05, 3.63) is 88.6 Å². The van der Waals surface area contributed by atoms with E-state index in [1.54, 1.807) is 18.2 Å². The molecule has 42 heavy (non-hydrogen) atoms. The number of rotatable bonds is 7. The average Bonchev–Trinajstić information content (AvgIpc) is 3.36. The summed E-state index contributed by atoms with van der Waals surface area (Å²) in [7, 11) is 0. The van der Waals surface area contributed by atoms with Gasteiger partial charge in [0.1, 0.15) is 17.9 Å². The lowest BCUT2D eigenvalue weighted by Gasteiger charge is -2.39. The number of aromatic nitrogens is 1. The number of anilines is 2. The lowest BCUT2D eigenvalue weighted by atomic mass is 9.87. The molecular formula is C30H23ClF2N6O3. The highest BCUT2D eigenvalue weighted by Gasteiger charge is 2.48. The van der Waals surface area contributed by atoms with E-state index in [-0.39, 0.29) is 46.1 Å². The Hall–Kier alpha value is -4.87. The quantitative estimate of drug-likeness (QED) is 0.427. The Kier molecular flexibility index (Phi) is 7.88. The van der Waals surface area contributed by atoms with Gasteiger partial charge in [-0.25, -0.2) is 13.8 Å². The molecule has 2 aliphatic rings. The van der Waals surface area contributed by atoms with Crippen molar-refractivity contribution in [2.45, 2.75) is 49.7 Å². The predicted octanol–water partition coefficient (Wildman–Crippen LogP) is 4.66. The number of alkyl halides is 2. The zero-order chi connectivity index (χ0) is 30.0. The second kappa shape index (κ2) is 11.6. The van der Waals surface area contributed by atoms with E-state index in [0.29, 0.717) is 0 Å². The summed E-state index contributed by atoms with van der Waals surface area (Å²) < 4.78 is 27.3. The smallest absolute Gasteiger partial charge is 0.252 e. The van der Waals surface area contributed by atoms with Crippen molar-refractivity contribution in [1.29, 1.82) is 10.5 Å². The first-order chi connectivity index (χ1) is 20.1. The minimum atomic E-state index is -2.90. The molecule has 0 spiro atoms. The van der Waals surface area contributed by atoms with Gasteiger partial charge in [-0.3, -0.25) is 24.2 Å². The Balaban J connectivity index is 1.62. The fourth-order valence-electron chi connectivity index (χ4n) is 5.25. The number of hydrogen-bond donors (Lipinski definition) is 1. The second-order valence-corrected chi connectivity index (χ2v) is 10.5. The number of nitrogens with zero attached hydrogens (tertiary/aromatic N) is 5. The molecule has 212 valence electrons. The fraction of sp³-hybridized carbons (Fsp3) is 0.267. The molecule has 1 saturated carbocycles. The summed E-state index contributed by atoms with van der Waals surface area (Å²) in [6.45, 7) is 0. The van der Waals surface area contributed by atoms with Crippen LogP contribution in [0.1, 0.15) is 48.4 Å². The van der Waals surface area contributed by atoms with Crippen LogP contribution in [0.4, 0.5) is 20.3 Å². The number of amides is 3. The molecule has 2 fully saturated rings. The van der Waals surface area contributed by atoms with Crippen LogP contribution in [0.25, 0.3) is 0 Å². The zero-order valence-corrected chi connectivity index (χ0v) is 22.8. The molecule has 1 N–H and O–H groups in total. The van der Waals surface area contributed by atoms with Gasteiger partial charge >= 0.3 is 0 Å². The Morgan fingerprint density at radius 2 is 1.79 bits per heavy atom. The van der Waals surface area contributed by atoms with Gasteiger partial charge in [0, 0.05) is 47.8 Å². The van der Waals surface area contributed by atoms with Crippen molar-refractivity contribution in [3.63, 3.8) is 0 Å². The molecule has 9 nitrogen and oxygen atoms in total. The first-order valence-electron chi connectivity index (χ1n) is 13.1. The second-order valence-electron chi connectivity index (χ2n) is 10.1. The monoisotopic (exact) mass is 588 g/mol. The van der Waals surface area contributed by atoms with E-state index in [1.165, 1.54) is 53.6 Å². The highest BCUT2D eigenvalue weighted by molar-refractivity contribution is 6.31. The zero-order valence-electron chi connectivity index (χ0n) is 22.0. The molecule has 3 aromatic rings. The third-order valence-electron chi connectivity index (χ3n) is 7.25. The van der Waals surface area contributed by atoms with Crippen LogP contribution in [0.15, 0.2) is 66.9 Å². The average molecular weight is 589 g/mol. The lowest BCUT2D eigenvalue weighted by Crippen LogP contribution is -2.56. The van der Waals surface area contributed by atoms with Crippen molar-refractivity contribution in [2.75, 3.05) is 9.80 Å². The van der Waals surface area contributed by atoms with Crippen molar-refractivity contribution in [3.8, 4) is 12.1 Å². The predicted molar refractivity (Wildman–Crippen MR) is 148 cm³/mol. The third kappa shape index (κ3) is 5.65. The first kappa shape index (κ1) is 28.7. The molecule has 1 saturated heterocycles. The van der Waals surface area contributed by atoms with E-state index >= 15 is 0 Å². The molecule has 3 amide bonds. The highest BCUT2D eigenvalue weighted by Crippen LogP contribution is 2.40. The van der Waals surface area contributed by atoms with Gasteiger partial charge in [0.05, 0.1) is 23.3 Å². The van der Waals surface area contributed by atoms with Gasteiger partial charge < -0.3 is 5.32 Å². The van der Waals surface area contributed by atoms with Crippen LogP contribution in [0.5, 0.6) is 0 Å². The number of hydrogen-bond acceptors (Lipinski definition) is 6. The van der Waals surface area contributed by atoms with Gasteiger partial charge in [0.2, 0.25) is 11.8 Å². The van der Waals surface area contributed by atoms with Crippen LogP contribution < -0.4 is 15.1 Å². The van der Waals surface area contributed by atoms with Crippen LogP contribution in [-0.4, -0.2) is 40.7 Å².